The highest BCUT2D eigenvalue weighted by Gasteiger charge is 2.16. The zero-order valence-electron chi connectivity index (χ0n) is 19.6. The Bertz CT molecular complexity index is 1410. The van der Waals surface area contributed by atoms with Gasteiger partial charge in [-0.05, 0) is 41.8 Å². The summed E-state index contributed by atoms with van der Waals surface area (Å²) >= 11 is 0. The van der Waals surface area contributed by atoms with Gasteiger partial charge in [0.2, 0.25) is 0 Å². The first kappa shape index (κ1) is 23.7. The summed E-state index contributed by atoms with van der Waals surface area (Å²) in [4.78, 5) is 25.5. The molecule has 8 nitrogen and oxygen atoms in total. The van der Waals surface area contributed by atoms with Crippen LogP contribution in [-0.4, -0.2) is 29.0 Å². The fraction of sp³-hybridized carbons (Fsp3) is 0.185. The van der Waals surface area contributed by atoms with Gasteiger partial charge in [0.05, 0.1) is 18.7 Å². The number of nitrogens with zero attached hydrogens (tertiary/aromatic N) is 3. The smallest absolute Gasteiger partial charge is 0.292 e. The van der Waals surface area contributed by atoms with Crippen LogP contribution < -0.4 is 20.5 Å². The van der Waals surface area contributed by atoms with Gasteiger partial charge in [-0.15, -0.1) is 0 Å². The summed E-state index contributed by atoms with van der Waals surface area (Å²) in [5, 5.41) is 9.29. The normalized spacial score (nSPS) is 11.0. The third-order valence-electron chi connectivity index (χ3n) is 5.32. The molecule has 3 aromatic carbocycles. The Hall–Kier alpha value is -4.46. The Morgan fingerprint density at radius 2 is 1.77 bits per heavy atom. The highest BCUT2D eigenvalue weighted by molar-refractivity contribution is 6.05. The second-order valence-corrected chi connectivity index (χ2v) is 7.81. The van der Waals surface area contributed by atoms with Crippen LogP contribution in [0.5, 0.6) is 11.5 Å². The molecule has 0 unspecified atom stereocenters. The molecule has 0 aliphatic heterocycles. The number of aromatic nitrogens is 2. The molecule has 178 valence electrons. The van der Waals surface area contributed by atoms with Gasteiger partial charge in [0, 0.05) is 11.9 Å². The highest BCUT2D eigenvalue weighted by Crippen LogP contribution is 2.28. The van der Waals surface area contributed by atoms with E-state index in [0.717, 1.165) is 12.0 Å². The SMILES string of the molecule is CCCn1nc(C(=O)N/N=C/c2ccc(OCc3ccccc3)c(OC)c2)c2ccccc2c1=O. The number of hydrogen-bond acceptors (Lipinski definition) is 6. The number of carbonyl (C=O) groups is 1. The van der Waals surface area contributed by atoms with E-state index in [9.17, 15) is 9.59 Å². The second kappa shape index (κ2) is 11.1. The molecule has 4 aromatic rings. The molecule has 0 bridgehead atoms. The van der Waals surface area contributed by atoms with Crippen molar-refractivity contribution in [2.75, 3.05) is 7.11 Å². The number of rotatable bonds is 9. The average molecular weight is 471 g/mol. The Morgan fingerprint density at radius 3 is 2.51 bits per heavy atom. The summed E-state index contributed by atoms with van der Waals surface area (Å²) in [7, 11) is 1.56. The van der Waals surface area contributed by atoms with Gasteiger partial charge in [-0.1, -0.05) is 55.5 Å². The Balaban J connectivity index is 1.49. The molecule has 4 rings (SSSR count). The monoisotopic (exact) mass is 470 g/mol. The van der Waals surface area contributed by atoms with E-state index in [2.05, 4.69) is 15.6 Å². The molecule has 1 aromatic heterocycles. The molecule has 0 spiro atoms. The van der Waals surface area contributed by atoms with Crippen LogP contribution in [0.15, 0.2) is 82.7 Å². The number of carbonyl (C=O) groups excluding carboxylic acids is 1. The molecule has 0 aliphatic carbocycles. The lowest BCUT2D eigenvalue weighted by Gasteiger charge is -2.11. The first-order valence-electron chi connectivity index (χ1n) is 11.3. The number of aryl methyl sites for hydroxylation is 1. The highest BCUT2D eigenvalue weighted by atomic mass is 16.5. The maximum atomic E-state index is 12.9. The van der Waals surface area contributed by atoms with Crippen molar-refractivity contribution < 1.29 is 14.3 Å². The first-order chi connectivity index (χ1) is 17.1. The van der Waals surface area contributed by atoms with E-state index in [1.807, 2.05) is 43.3 Å². The van der Waals surface area contributed by atoms with E-state index < -0.39 is 5.91 Å². The quantitative estimate of drug-likeness (QED) is 0.293. The van der Waals surface area contributed by atoms with Crippen LogP contribution in [0.3, 0.4) is 0 Å². The molecular weight excluding hydrogens is 444 g/mol. The number of hydrazone groups is 1. The number of methoxy groups -OCH3 is 1. The maximum Gasteiger partial charge on any atom is 0.292 e. The van der Waals surface area contributed by atoms with Crippen molar-refractivity contribution >= 4 is 22.9 Å². The molecule has 0 saturated heterocycles. The van der Waals surface area contributed by atoms with Crippen LogP contribution in [0, 0.1) is 0 Å². The number of amides is 1. The molecule has 1 N–H and O–H groups in total. The van der Waals surface area contributed by atoms with Crippen molar-refractivity contribution in [1.29, 1.82) is 0 Å². The van der Waals surface area contributed by atoms with Crippen LogP contribution >= 0.6 is 0 Å². The minimum Gasteiger partial charge on any atom is -0.493 e. The Kier molecular flexibility index (Phi) is 7.52. The van der Waals surface area contributed by atoms with Crippen LogP contribution in [0.2, 0.25) is 0 Å². The van der Waals surface area contributed by atoms with Gasteiger partial charge in [-0.3, -0.25) is 9.59 Å². The third-order valence-corrected chi connectivity index (χ3v) is 5.32. The van der Waals surface area contributed by atoms with E-state index in [0.29, 0.717) is 41.0 Å². The summed E-state index contributed by atoms with van der Waals surface area (Å²) in [6.07, 6.45) is 2.23. The van der Waals surface area contributed by atoms with Crippen molar-refractivity contribution in [2.24, 2.45) is 5.10 Å². The molecule has 1 amide bonds. The average Bonchev–Trinajstić information content (AvgIpc) is 2.90. The Labute approximate surface area is 202 Å². The summed E-state index contributed by atoms with van der Waals surface area (Å²) in [5.74, 6) is 0.652. The summed E-state index contributed by atoms with van der Waals surface area (Å²) in [5.41, 5.74) is 4.20. The van der Waals surface area contributed by atoms with Crippen LogP contribution in [0.4, 0.5) is 0 Å². The van der Waals surface area contributed by atoms with E-state index in [1.54, 1.807) is 43.5 Å². The van der Waals surface area contributed by atoms with Gasteiger partial charge < -0.3 is 9.47 Å². The van der Waals surface area contributed by atoms with Gasteiger partial charge in [0.1, 0.15) is 6.61 Å². The van der Waals surface area contributed by atoms with Crippen molar-refractivity contribution in [3.8, 4) is 11.5 Å². The standard InChI is InChI=1S/C27H26N4O4/c1-3-15-31-27(33)22-12-8-7-11-21(22)25(30-31)26(32)29-28-17-20-13-14-23(24(16-20)34-2)35-18-19-9-5-4-6-10-19/h4-14,16-17H,3,15,18H2,1-2H3,(H,29,32)/b28-17+. The largest absolute Gasteiger partial charge is 0.493 e. The number of nitrogens with one attached hydrogen (secondary N) is 1. The number of ether oxygens (including phenoxy) is 2. The summed E-state index contributed by atoms with van der Waals surface area (Å²) < 4.78 is 12.6. The van der Waals surface area contributed by atoms with Gasteiger partial charge in [-0.25, -0.2) is 10.1 Å². The van der Waals surface area contributed by atoms with Gasteiger partial charge >= 0.3 is 0 Å². The minimum absolute atomic E-state index is 0.146. The van der Waals surface area contributed by atoms with Crippen molar-refractivity contribution in [1.82, 2.24) is 15.2 Å². The zero-order chi connectivity index (χ0) is 24.6. The van der Waals surface area contributed by atoms with Gasteiger partial charge in [-0.2, -0.15) is 10.2 Å². The number of hydrogen-bond donors (Lipinski definition) is 1. The fourth-order valence-corrected chi connectivity index (χ4v) is 3.60. The molecule has 0 atom stereocenters. The number of fused-ring (bicyclic) bond motifs is 1. The molecule has 0 saturated carbocycles. The fourth-order valence-electron chi connectivity index (χ4n) is 3.60. The zero-order valence-corrected chi connectivity index (χ0v) is 19.6. The second-order valence-electron chi connectivity index (χ2n) is 7.81. The van der Waals surface area contributed by atoms with Crippen LogP contribution in [0.1, 0.15) is 35.0 Å². The maximum absolute atomic E-state index is 12.9. The predicted octanol–water partition coefficient (Wildman–Crippen LogP) is 4.16. The van der Waals surface area contributed by atoms with E-state index >= 15 is 0 Å². The topological polar surface area (TPSA) is 94.8 Å². The Morgan fingerprint density at radius 1 is 1.03 bits per heavy atom. The first-order valence-corrected chi connectivity index (χ1v) is 11.3. The lowest BCUT2D eigenvalue weighted by molar-refractivity contribution is 0.0949. The van der Waals surface area contributed by atoms with E-state index in [1.165, 1.54) is 10.9 Å². The van der Waals surface area contributed by atoms with Crippen LogP contribution in [0.25, 0.3) is 10.8 Å². The molecule has 1 heterocycles. The minimum atomic E-state index is -0.503. The molecular formula is C27H26N4O4. The predicted molar refractivity (Wildman–Crippen MR) is 135 cm³/mol. The van der Waals surface area contributed by atoms with Gasteiger partial charge in [0.25, 0.3) is 11.5 Å². The van der Waals surface area contributed by atoms with Crippen molar-refractivity contribution in [3.05, 3.63) is 100.0 Å². The molecule has 8 heteroatoms. The van der Waals surface area contributed by atoms with Crippen LogP contribution in [-0.2, 0) is 13.2 Å². The lowest BCUT2D eigenvalue weighted by atomic mass is 10.1. The molecule has 0 radical (unpaired) electrons. The summed E-state index contributed by atoms with van der Waals surface area (Å²) in [6.45, 7) is 2.78. The van der Waals surface area contributed by atoms with Crippen molar-refractivity contribution in [2.45, 2.75) is 26.5 Å². The molecule has 0 fully saturated rings. The number of benzene rings is 3. The molecule has 35 heavy (non-hydrogen) atoms. The third kappa shape index (κ3) is 5.55. The van der Waals surface area contributed by atoms with E-state index in [-0.39, 0.29) is 11.3 Å². The molecule has 0 aliphatic rings. The lowest BCUT2D eigenvalue weighted by Crippen LogP contribution is -2.29. The summed E-state index contributed by atoms with van der Waals surface area (Å²) in [6, 6.07) is 22.2. The van der Waals surface area contributed by atoms with Gasteiger partial charge in [0.15, 0.2) is 17.2 Å². The van der Waals surface area contributed by atoms with Crippen molar-refractivity contribution in [3.63, 3.8) is 0 Å². The van der Waals surface area contributed by atoms with E-state index in [4.69, 9.17) is 9.47 Å².